The van der Waals surface area contributed by atoms with E-state index < -0.39 is 10.0 Å². The minimum absolute atomic E-state index is 0.284. The molecule has 0 saturated carbocycles. The number of sulfonamides is 1. The molecule has 2 aliphatic heterocycles. The third-order valence-electron chi connectivity index (χ3n) is 5.26. The van der Waals surface area contributed by atoms with Crippen LogP contribution < -0.4 is 19.7 Å². The number of likely N-dealkylation sites (tertiary alicyclic amines) is 1. The first-order chi connectivity index (χ1) is 14.1. The number of ether oxygens (including phenoxy) is 1. The van der Waals surface area contributed by atoms with Crippen LogP contribution in [0.25, 0.3) is 0 Å². The van der Waals surface area contributed by atoms with Gasteiger partial charge in [-0.3, -0.25) is 0 Å². The molecule has 9 heteroatoms. The molecule has 2 aromatic rings. The third-order valence-corrected chi connectivity index (χ3v) is 8.17. The van der Waals surface area contributed by atoms with Crippen LogP contribution in [0.5, 0.6) is 10.8 Å². The predicted octanol–water partition coefficient (Wildman–Crippen LogP) is 2.32. The summed E-state index contributed by atoms with van der Waals surface area (Å²) >= 11 is 1.15. The third kappa shape index (κ3) is 5.49. The highest BCUT2D eigenvalue weighted by atomic mass is 32.2. The van der Waals surface area contributed by atoms with Crippen LogP contribution in [-0.2, 0) is 10.0 Å². The molecule has 2 saturated heterocycles. The molecule has 7 nitrogen and oxygen atoms in total. The van der Waals surface area contributed by atoms with E-state index in [1.807, 2.05) is 18.2 Å². The molecule has 0 bridgehead atoms. The molecule has 2 aliphatic rings. The lowest BCUT2D eigenvalue weighted by atomic mass is 10.2. The number of rotatable bonds is 8. The van der Waals surface area contributed by atoms with Gasteiger partial charge in [0.15, 0.2) is 5.06 Å². The van der Waals surface area contributed by atoms with Gasteiger partial charge >= 0.3 is 0 Å². The minimum Gasteiger partial charge on any atom is -0.447 e. The lowest BCUT2D eigenvalue weighted by molar-refractivity contribution is 0.344. The van der Waals surface area contributed by atoms with Crippen LogP contribution >= 0.6 is 11.3 Å². The number of anilines is 1. The topological polar surface area (TPSA) is 73.9 Å². The molecule has 2 N–H and O–H groups in total. The highest BCUT2D eigenvalue weighted by Crippen LogP contribution is 2.33. The Hall–Kier alpha value is -1.65. The zero-order valence-electron chi connectivity index (χ0n) is 16.5. The van der Waals surface area contributed by atoms with Crippen molar-refractivity contribution >= 4 is 27.0 Å². The van der Waals surface area contributed by atoms with Gasteiger partial charge in [0.2, 0.25) is 10.0 Å². The number of hydrogen-bond donors (Lipinski definition) is 2. The van der Waals surface area contributed by atoms with Crippen molar-refractivity contribution in [3.63, 3.8) is 0 Å². The summed E-state index contributed by atoms with van der Waals surface area (Å²) in [4.78, 5) is 4.61. The second-order valence-corrected chi connectivity index (χ2v) is 10.4. The van der Waals surface area contributed by atoms with Gasteiger partial charge in [-0.25, -0.2) is 13.1 Å². The molecule has 0 radical (unpaired) electrons. The molecular formula is C20H28N4O3S2. The Morgan fingerprint density at radius 2 is 1.86 bits per heavy atom. The van der Waals surface area contributed by atoms with Crippen LogP contribution in [0, 0.1) is 0 Å². The maximum Gasteiger partial charge on any atom is 0.250 e. The number of nitrogens with one attached hydrogen (secondary N) is 2. The molecule has 0 unspecified atom stereocenters. The van der Waals surface area contributed by atoms with Crippen LogP contribution in [0.4, 0.5) is 5.69 Å². The van der Waals surface area contributed by atoms with Gasteiger partial charge < -0.3 is 19.9 Å². The molecule has 0 spiro atoms. The van der Waals surface area contributed by atoms with Crippen molar-refractivity contribution in [2.45, 2.75) is 17.1 Å². The van der Waals surface area contributed by atoms with Gasteiger partial charge in [-0.15, -0.1) is 0 Å². The van der Waals surface area contributed by atoms with E-state index in [9.17, 15) is 8.42 Å². The standard InChI is InChI=1S/C20H28N4O3S2/c25-29(26,22-10-13-23-11-1-2-12-23)20-7-6-19(28-20)27-18-5-3-4-17(16-18)24-14-8-21-9-15-24/h3-7,16,21-22H,1-2,8-15H2. The van der Waals surface area contributed by atoms with Gasteiger partial charge in [0.05, 0.1) is 0 Å². The highest BCUT2D eigenvalue weighted by molar-refractivity contribution is 7.91. The van der Waals surface area contributed by atoms with Gasteiger partial charge in [-0.1, -0.05) is 17.4 Å². The highest BCUT2D eigenvalue weighted by Gasteiger charge is 2.19. The van der Waals surface area contributed by atoms with Crippen LogP contribution in [0.3, 0.4) is 0 Å². The summed E-state index contributed by atoms with van der Waals surface area (Å²) in [6, 6.07) is 11.3. The number of hydrogen-bond acceptors (Lipinski definition) is 7. The fourth-order valence-corrected chi connectivity index (χ4v) is 5.92. The summed E-state index contributed by atoms with van der Waals surface area (Å²) in [5.41, 5.74) is 1.12. The van der Waals surface area contributed by atoms with Gasteiger partial charge in [0, 0.05) is 51.0 Å². The van der Waals surface area contributed by atoms with Gasteiger partial charge in [-0.2, -0.15) is 0 Å². The van der Waals surface area contributed by atoms with Crippen LogP contribution in [0.2, 0.25) is 0 Å². The van der Waals surface area contributed by atoms with E-state index in [2.05, 4.69) is 25.9 Å². The molecule has 1 aromatic heterocycles. The van der Waals surface area contributed by atoms with E-state index >= 15 is 0 Å². The van der Waals surface area contributed by atoms with E-state index in [4.69, 9.17) is 4.74 Å². The Kier molecular flexibility index (Phi) is 6.71. The molecule has 0 aliphatic carbocycles. The SMILES string of the molecule is O=S(=O)(NCCN1CCCC1)c1ccc(Oc2cccc(N3CCNCC3)c2)s1. The number of benzene rings is 1. The summed E-state index contributed by atoms with van der Waals surface area (Å²) in [6.45, 7) is 7.19. The zero-order chi connectivity index (χ0) is 20.1. The summed E-state index contributed by atoms with van der Waals surface area (Å²) in [7, 11) is -3.50. The Morgan fingerprint density at radius 3 is 2.66 bits per heavy atom. The summed E-state index contributed by atoms with van der Waals surface area (Å²) in [5, 5.41) is 3.92. The number of nitrogens with zero attached hydrogens (tertiary/aromatic N) is 2. The summed E-state index contributed by atoms with van der Waals surface area (Å²) in [6.07, 6.45) is 2.41. The van der Waals surface area contributed by atoms with Crippen LogP contribution in [-0.4, -0.2) is 65.7 Å². The Labute approximate surface area is 176 Å². The summed E-state index contributed by atoms with van der Waals surface area (Å²) < 4.78 is 34.0. The quantitative estimate of drug-likeness (QED) is 0.662. The smallest absolute Gasteiger partial charge is 0.250 e. The predicted molar refractivity (Wildman–Crippen MR) is 117 cm³/mol. The lowest BCUT2D eigenvalue weighted by Crippen LogP contribution is -2.43. The van der Waals surface area contributed by atoms with Crippen molar-refractivity contribution in [2.24, 2.45) is 0 Å². The molecule has 1 aromatic carbocycles. The molecule has 4 rings (SSSR count). The first kappa shape index (κ1) is 20.6. The first-order valence-corrected chi connectivity index (χ1v) is 12.5. The second-order valence-electron chi connectivity index (χ2n) is 7.36. The molecule has 0 atom stereocenters. The van der Waals surface area contributed by atoms with Crippen molar-refractivity contribution in [1.82, 2.24) is 14.9 Å². The maximum absolute atomic E-state index is 12.5. The minimum atomic E-state index is -3.50. The zero-order valence-corrected chi connectivity index (χ0v) is 18.1. The fraction of sp³-hybridized carbons (Fsp3) is 0.500. The van der Waals surface area contributed by atoms with Gasteiger partial charge in [0.25, 0.3) is 0 Å². The van der Waals surface area contributed by atoms with E-state index in [1.165, 1.54) is 12.8 Å². The van der Waals surface area contributed by atoms with Crippen molar-refractivity contribution in [1.29, 1.82) is 0 Å². The maximum atomic E-state index is 12.5. The van der Waals surface area contributed by atoms with Crippen molar-refractivity contribution < 1.29 is 13.2 Å². The number of thiophene rings is 1. The van der Waals surface area contributed by atoms with E-state index in [0.717, 1.165) is 62.8 Å². The van der Waals surface area contributed by atoms with Crippen molar-refractivity contribution in [2.75, 3.05) is 57.3 Å². The van der Waals surface area contributed by atoms with Crippen LogP contribution in [0.1, 0.15) is 12.8 Å². The summed E-state index contributed by atoms with van der Waals surface area (Å²) in [5.74, 6) is 0.717. The van der Waals surface area contributed by atoms with E-state index in [1.54, 1.807) is 12.1 Å². The van der Waals surface area contributed by atoms with E-state index in [-0.39, 0.29) is 4.21 Å². The second kappa shape index (κ2) is 9.44. The van der Waals surface area contributed by atoms with Crippen molar-refractivity contribution in [3.8, 4) is 10.8 Å². The van der Waals surface area contributed by atoms with Gasteiger partial charge in [0.1, 0.15) is 9.96 Å². The molecule has 0 amide bonds. The Balaban J connectivity index is 1.36. The largest absolute Gasteiger partial charge is 0.447 e. The molecule has 158 valence electrons. The van der Waals surface area contributed by atoms with Gasteiger partial charge in [-0.05, 0) is 50.2 Å². The Morgan fingerprint density at radius 1 is 1.07 bits per heavy atom. The Bertz CT molecular complexity index is 904. The molecule has 29 heavy (non-hydrogen) atoms. The number of piperazine rings is 1. The molecule has 3 heterocycles. The average Bonchev–Trinajstić information content (AvgIpc) is 3.41. The molecular weight excluding hydrogens is 408 g/mol. The van der Waals surface area contributed by atoms with Crippen molar-refractivity contribution in [3.05, 3.63) is 36.4 Å². The normalized spacial score (nSPS) is 18.3. The fourth-order valence-electron chi connectivity index (χ4n) is 3.70. The van der Waals surface area contributed by atoms with E-state index in [0.29, 0.717) is 17.4 Å². The van der Waals surface area contributed by atoms with Crippen LogP contribution in [0.15, 0.2) is 40.6 Å². The first-order valence-electron chi connectivity index (χ1n) is 10.2. The monoisotopic (exact) mass is 436 g/mol. The average molecular weight is 437 g/mol. The lowest BCUT2D eigenvalue weighted by Gasteiger charge is -2.29. The molecule has 2 fully saturated rings.